The summed E-state index contributed by atoms with van der Waals surface area (Å²) in [6.07, 6.45) is 0. The Hall–Kier alpha value is -1.25. The number of ether oxygens (including phenoxy) is 1. The minimum absolute atomic E-state index is 0.327. The Labute approximate surface area is 84.1 Å². The second-order valence-electron chi connectivity index (χ2n) is 4.33. The van der Waals surface area contributed by atoms with Crippen LogP contribution in [-0.4, -0.2) is 11.6 Å². The van der Waals surface area contributed by atoms with Gasteiger partial charge in [0.2, 0.25) is 0 Å². The van der Waals surface area contributed by atoms with Crippen molar-refractivity contribution in [2.24, 2.45) is 0 Å². The van der Waals surface area contributed by atoms with E-state index in [-0.39, 0.29) is 5.97 Å². The molecule has 3 nitrogen and oxygen atoms in total. The smallest absolute Gasteiger partial charge is 0.342 e. The van der Waals surface area contributed by atoms with Gasteiger partial charge in [-0.1, -0.05) is 0 Å². The summed E-state index contributed by atoms with van der Waals surface area (Å²) in [6, 6.07) is 1.70. The van der Waals surface area contributed by atoms with Gasteiger partial charge in [0.1, 0.15) is 22.7 Å². The molecule has 0 saturated carbocycles. The van der Waals surface area contributed by atoms with Crippen LogP contribution in [0.4, 0.5) is 0 Å². The van der Waals surface area contributed by atoms with Crippen LogP contribution in [0.25, 0.3) is 0 Å². The highest BCUT2D eigenvalue weighted by atomic mass is 16.6. The second-order valence-corrected chi connectivity index (χ2v) is 4.33. The molecule has 0 atom stereocenters. The van der Waals surface area contributed by atoms with Gasteiger partial charge in [-0.05, 0) is 40.7 Å². The van der Waals surface area contributed by atoms with E-state index in [1.165, 1.54) is 0 Å². The number of hydrogen-bond acceptors (Lipinski definition) is 3. The first-order chi connectivity index (χ1) is 6.29. The van der Waals surface area contributed by atoms with Gasteiger partial charge in [0, 0.05) is 0 Å². The van der Waals surface area contributed by atoms with E-state index in [0.717, 1.165) is 5.76 Å². The average molecular weight is 196 g/mol. The number of esters is 1. The molecule has 0 fully saturated rings. The lowest BCUT2D eigenvalue weighted by atomic mass is 10.2. The molecule has 0 aliphatic rings. The number of furan rings is 1. The van der Waals surface area contributed by atoms with E-state index in [4.69, 9.17) is 9.15 Å². The highest BCUT2D eigenvalue weighted by Gasteiger charge is 2.21. The van der Waals surface area contributed by atoms with Crippen LogP contribution in [0, 0.1) is 13.8 Å². The molecule has 3 heteroatoms. The van der Waals surface area contributed by atoms with E-state index in [0.29, 0.717) is 11.3 Å². The summed E-state index contributed by atoms with van der Waals surface area (Å²) in [7, 11) is 0. The molecule has 0 aliphatic carbocycles. The molecule has 0 bridgehead atoms. The van der Waals surface area contributed by atoms with Crippen molar-refractivity contribution in [3.63, 3.8) is 0 Å². The molecule has 1 aromatic heterocycles. The average Bonchev–Trinajstić information content (AvgIpc) is 2.26. The maximum atomic E-state index is 11.6. The minimum Gasteiger partial charge on any atom is -0.466 e. The van der Waals surface area contributed by atoms with Crippen molar-refractivity contribution in [1.29, 1.82) is 0 Å². The number of rotatable bonds is 1. The van der Waals surface area contributed by atoms with Crippen LogP contribution in [0.1, 0.15) is 42.6 Å². The lowest BCUT2D eigenvalue weighted by Gasteiger charge is -2.18. The fraction of sp³-hybridized carbons (Fsp3) is 0.545. The van der Waals surface area contributed by atoms with Crippen molar-refractivity contribution in [3.8, 4) is 0 Å². The first-order valence-corrected chi connectivity index (χ1v) is 4.60. The summed E-state index contributed by atoms with van der Waals surface area (Å²) < 4.78 is 10.5. The van der Waals surface area contributed by atoms with Gasteiger partial charge < -0.3 is 9.15 Å². The van der Waals surface area contributed by atoms with E-state index in [1.54, 1.807) is 19.9 Å². The van der Waals surface area contributed by atoms with Crippen molar-refractivity contribution < 1.29 is 13.9 Å². The molecule has 78 valence electrons. The third kappa shape index (κ3) is 2.62. The van der Waals surface area contributed by atoms with Crippen molar-refractivity contribution in [2.45, 2.75) is 40.2 Å². The Kier molecular flexibility index (Phi) is 2.69. The second kappa shape index (κ2) is 3.48. The minimum atomic E-state index is -0.464. The van der Waals surface area contributed by atoms with Crippen LogP contribution in [0.5, 0.6) is 0 Å². The van der Waals surface area contributed by atoms with Gasteiger partial charge in [-0.2, -0.15) is 0 Å². The van der Waals surface area contributed by atoms with Gasteiger partial charge in [-0.3, -0.25) is 0 Å². The fourth-order valence-electron chi connectivity index (χ4n) is 1.17. The van der Waals surface area contributed by atoms with E-state index in [1.807, 2.05) is 20.8 Å². The fourth-order valence-corrected chi connectivity index (χ4v) is 1.17. The maximum Gasteiger partial charge on any atom is 0.342 e. The van der Waals surface area contributed by atoms with Gasteiger partial charge >= 0.3 is 5.97 Å². The number of aryl methyl sites for hydroxylation is 2. The molecule has 0 amide bonds. The summed E-state index contributed by atoms with van der Waals surface area (Å²) >= 11 is 0. The Morgan fingerprint density at radius 3 is 2.29 bits per heavy atom. The summed E-state index contributed by atoms with van der Waals surface area (Å²) in [4.78, 5) is 11.6. The third-order valence-electron chi connectivity index (χ3n) is 1.66. The summed E-state index contributed by atoms with van der Waals surface area (Å²) in [5.41, 5.74) is 0.0479. The summed E-state index contributed by atoms with van der Waals surface area (Å²) in [5.74, 6) is 1.01. The molecule has 0 aromatic carbocycles. The maximum absolute atomic E-state index is 11.6. The zero-order valence-electron chi connectivity index (χ0n) is 9.30. The van der Waals surface area contributed by atoms with Crippen molar-refractivity contribution in [3.05, 3.63) is 23.2 Å². The SMILES string of the molecule is Cc1cc(C(=O)OC(C)(C)C)c(C)o1. The van der Waals surface area contributed by atoms with Gasteiger partial charge in [-0.15, -0.1) is 0 Å². The molecule has 0 radical (unpaired) electrons. The van der Waals surface area contributed by atoms with Gasteiger partial charge in [0.25, 0.3) is 0 Å². The van der Waals surface area contributed by atoms with Gasteiger partial charge in [0.05, 0.1) is 0 Å². The van der Waals surface area contributed by atoms with E-state index >= 15 is 0 Å². The zero-order chi connectivity index (χ0) is 10.9. The molecule has 0 saturated heterocycles. The number of hydrogen-bond donors (Lipinski definition) is 0. The standard InChI is InChI=1S/C11H16O3/c1-7-6-9(8(2)13-7)10(12)14-11(3,4)5/h6H,1-5H3. The quantitative estimate of drug-likeness (QED) is 0.648. The van der Waals surface area contributed by atoms with Crippen molar-refractivity contribution >= 4 is 5.97 Å². The lowest BCUT2D eigenvalue weighted by molar-refractivity contribution is 0.00678. The van der Waals surface area contributed by atoms with E-state index in [2.05, 4.69) is 0 Å². The summed E-state index contributed by atoms with van der Waals surface area (Å²) in [5, 5.41) is 0. The van der Waals surface area contributed by atoms with Gasteiger partial charge in [0.15, 0.2) is 0 Å². The topological polar surface area (TPSA) is 39.4 Å². The molecule has 0 spiro atoms. The third-order valence-corrected chi connectivity index (χ3v) is 1.66. The molecule has 1 aromatic rings. The Bertz CT molecular complexity index is 342. The van der Waals surface area contributed by atoms with E-state index in [9.17, 15) is 4.79 Å². The molecule has 0 unspecified atom stereocenters. The Morgan fingerprint density at radius 2 is 1.93 bits per heavy atom. The van der Waals surface area contributed by atoms with Crippen LogP contribution in [0.15, 0.2) is 10.5 Å². The molecule has 1 heterocycles. The van der Waals surface area contributed by atoms with Crippen molar-refractivity contribution in [1.82, 2.24) is 0 Å². The van der Waals surface area contributed by atoms with Gasteiger partial charge in [-0.25, -0.2) is 4.79 Å². The molecule has 14 heavy (non-hydrogen) atoms. The van der Waals surface area contributed by atoms with Crippen LogP contribution < -0.4 is 0 Å². The highest BCUT2D eigenvalue weighted by Crippen LogP contribution is 2.18. The van der Waals surface area contributed by atoms with Crippen LogP contribution in [0.2, 0.25) is 0 Å². The number of carbonyl (C=O) groups is 1. The van der Waals surface area contributed by atoms with Crippen molar-refractivity contribution in [2.75, 3.05) is 0 Å². The first-order valence-electron chi connectivity index (χ1n) is 4.60. The van der Waals surface area contributed by atoms with Crippen LogP contribution in [0.3, 0.4) is 0 Å². The molecular formula is C11H16O3. The normalized spacial score (nSPS) is 11.5. The zero-order valence-corrected chi connectivity index (χ0v) is 9.30. The highest BCUT2D eigenvalue weighted by molar-refractivity contribution is 5.90. The Balaban J connectivity index is 2.85. The molecule has 1 rings (SSSR count). The predicted molar refractivity (Wildman–Crippen MR) is 53.4 cm³/mol. The number of carbonyl (C=O) groups excluding carboxylic acids is 1. The Morgan fingerprint density at radius 1 is 1.36 bits per heavy atom. The van der Waals surface area contributed by atoms with Crippen LogP contribution >= 0.6 is 0 Å². The molecular weight excluding hydrogens is 180 g/mol. The predicted octanol–water partition coefficient (Wildman–Crippen LogP) is 2.85. The monoisotopic (exact) mass is 196 g/mol. The lowest BCUT2D eigenvalue weighted by Crippen LogP contribution is -2.23. The molecule has 0 aliphatic heterocycles. The van der Waals surface area contributed by atoms with Crippen LogP contribution in [-0.2, 0) is 4.74 Å². The molecule has 0 N–H and O–H groups in total. The first kappa shape index (κ1) is 10.8. The summed E-state index contributed by atoms with van der Waals surface area (Å²) in [6.45, 7) is 9.08. The largest absolute Gasteiger partial charge is 0.466 e. The van der Waals surface area contributed by atoms with E-state index < -0.39 is 5.60 Å².